The number of nitrogens with one attached hydrogen (secondary N) is 2. The van der Waals surface area contributed by atoms with Crippen LogP contribution in [-0.4, -0.2) is 96.1 Å². The summed E-state index contributed by atoms with van der Waals surface area (Å²) >= 11 is 0. The van der Waals surface area contributed by atoms with Crippen LogP contribution < -0.4 is 15.4 Å². The third kappa shape index (κ3) is 7.71. The van der Waals surface area contributed by atoms with Gasteiger partial charge < -0.3 is 30.1 Å². The lowest BCUT2D eigenvalue weighted by molar-refractivity contribution is -0.142. The maximum absolute atomic E-state index is 13.5. The Balaban J connectivity index is 1.34. The second kappa shape index (κ2) is 14.7. The maximum atomic E-state index is 13.5. The molecule has 1 aliphatic heterocycles. The van der Waals surface area contributed by atoms with Crippen LogP contribution in [-0.2, 0) is 32.6 Å². The zero-order valence-electron chi connectivity index (χ0n) is 24.8. The fourth-order valence-corrected chi connectivity index (χ4v) is 5.66. The molecule has 2 atom stereocenters. The number of carbonyl (C=O) groups is 2. The maximum Gasteiger partial charge on any atom is 0.326 e. The Bertz CT molecular complexity index is 1220. The van der Waals surface area contributed by atoms with Crippen molar-refractivity contribution in [2.75, 3.05) is 52.4 Å². The largest absolute Gasteiger partial charge is 0.481 e. The van der Waals surface area contributed by atoms with E-state index in [0.717, 1.165) is 50.2 Å². The molecule has 4 rings (SSSR count). The molecule has 1 amide bonds. The number of aliphatic carboxylic acids is 1. The first kappa shape index (κ1) is 31.6. The number of anilines is 1. The Morgan fingerprint density at radius 3 is 2.71 bits per heavy atom. The minimum atomic E-state index is -1.12. The normalized spacial score (nSPS) is 16.7. The number of rotatable bonds is 17. The van der Waals surface area contributed by atoms with Crippen molar-refractivity contribution in [2.24, 2.45) is 0 Å². The number of pyridine rings is 1. The molecule has 0 bridgehead atoms. The van der Waals surface area contributed by atoms with Gasteiger partial charge in [0.2, 0.25) is 11.8 Å². The lowest BCUT2D eigenvalue weighted by Gasteiger charge is -2.28. The van der Waals surface area contributed by atoms with E-state index in [2.05, 4.69) is 32.7 Å². The monoisotopic (exact) mass is 586 g/mol. The number of aromatic nitrogens is 3. The Hall–Kier alpha value is -3.38. The molecule has 0 saturated heterocycles. The molecular weight excluding hydrogens is 543 g/mol. The number of nitrogens with zero attached hydrogens (tertiary/aromatic N) is 4. The fraction of sp³-hybridized carbons (Fsp3) is 0.633. The summed E-state index contributed by atoms with van der Waals surface area (Å²) in [5.74, 6) is -0.183. The number of fused-ring (bicyclic) bond motifs is 1. The molecule has 1 fully saturated rings. The second-order valence-corrected chi connectivity index (χ2v) is 11.2. The van der Waals surface area contributed by atoms with Crippen LogP contribution in [0.15, 0.2) is 18.5 Å². The highest BCUT2D eigenvalue weighted by molar-refractivity contribution is 5.94. The average Bonchev–Trinajstić information content (AvgIpc) is 3.80. The number of carboxylic acid groups (broad SMARTS) is 1. The highest BCUT2D eigenvalue weighted by Crippen LogP contribution is 2.52. The lowest BCUT2D eigenvalue weighted by atomic mass is 9.93. The first-order chi connectivity index (χ1) is 20.3. The molecule has 2 aromatic rings. The number of halogens is 1. The summed E-state index contributed by atoms with van der Waals surface area (Å²) in [6.07, 6.45) is 6.76. The molecule has 3 heterocycles. The summed E-state index contributed by atoms with van der Waals surface area (Å²) < 4.78 is 24.2. The Labute approximate surface area is 246 Å². The summed E-state index contributed by atoms with van der Waals surface area (Å²) in [5.41, 5.74) is 2.62. The summed E-state index contributed by atoms with van der Waals surface area (Å²) in [6.45, 7) is 3.43. The van der Waals surface area contributed by atoms with Gasteiger partial charge in [0.15, 0.2) is 0 Å². The molecule has 11 nitrogen and oxygen atoms in total. The Morgan fingerprint density at radius 1 is 1.21 bits per heavy atom. The standard InChI is InChI=1S/C30H43FN6O5/c1-20-25(27(42-3)34-19-33-20)30(12-13-30)29(40)36-24(28(38)39)11-16-37(18-23(17-31)41-2)15-5-4-8-22-10-9-21-7-6-14-32-26(21)35-22/h9-10,19,23-24H,4-8,11-18H2,1-3H3,(H,32,35)(H,36,40)(H,38,39)/t23-,24+/m1/s1. The van der Waals surface area contributed by atoms with Gasteiger partial charge in [0.1, 0.15) is 24.9 Å². The van der Waals surface area contributed by atoms with Gasteiger partial charge in [-0.2, -0.15) is 0 Å². The first-order valence-corrected chi connectivity index (χ1v) is 14.7. The van der Waals surface area contributed by atoms with E-state index in [0.29, 0.717) is 49.6 Å². The van der Waals surface area contributed by atoms with Crippen molar-refractivity contribution in [1.29, 1.82) is 0 Å². The molecule has 1 aliphatic carbocycles. The molecule has 2 aliphatic rings. The van der Waals surface area contributed by atoms with Crippen LogP contribution in [0.1, 0.15) is 61.0 Å². The van der Waals surface area contributed by atoms with Crippen LogP contribution in [0.5, 0.6) is 5.88 Å². The number of hydrogen-bond acceptors (Lipinski definition) is 9. The molecule has 0 aromatic carbocycles. The fourth-order valence-electron chi connectivity index (χ4n) is 5.66. The number of amides is 1. The number of aryl methyl sites for hydroxylation is 3. The second-order valence-electron chi connectivity index (χ2n) is 11.2. The third-order valence-electron chi connectivity index (χ3n) is 8.27. The van der Waals surface area contributed by atoms with Crippen molar-refractivity contribution in [3.8, 4) is 5.88 Å². The van der Waals surface area contributed by atoms with Gasteiger partial charge in [0, 0.05) is 38.1 Å². The number of unbranched alkanes of at least 4 members (excludes halogenated alkanes) is 1. The van der Waals surface area contributed by atoms with Crippen LogP contribution in [0.4, 0.5) is 10.2 Å². The lowest BCUT2D eigenvalue weighted by Crippen LogP contribution is -2.48. The van der Waals surface area contributed by atoms with E-state index in [-0.39, 0.29) is 12.3 Å². The zero-order valence-corrected chi connectivity index (χ0v) is 24.8. The summed E-state index contributed by atoms with van der Waals surface area (Å²) in [6, 6.07) is 3.13. The minimum Gasteiger partial charge on any atom is -0.481 e. The molecule has 2 aromatic heterocycles. The van der Waals surface area contributed by atoms with Gasteiger partial charge in [-0.3, -0.25) is 4.79 Å². The number of ether oxygens (including phenoxy) is 2. The molecule has 42 heavy (non-hydrogen) atoms. The summed E-state index contributed by atoms with van der Waals surface area (Å²) in [5, 5.41) is 16.1. The number of carboxylic acids is 1. The van der Waals surface area contributed by atoms with Gasteiger partial charge in [-0.15, -0.1) is 0 Å². The predicted octanol–water partition coefficient (Wildman–Crippen LogP) is 2.85. The van der Waals surface area contributed by atoms with E-state index in [1.807, 2.05) is 4.90 Å². The predicted molar refractivity (Wildman–Crippen MR) is 156 cm³/mol. The molecular formula is C30H43FN6O5. The van der Waals surface area contributed by atoms with E-state index in [1.54, 1.807) is 6.92 Å². The van der Waals surface area contributed by atoms with Crippen LogP contribution in [0, 0.1) is 6.92 Å². The summed E-state index contributed by atoms with van der Waals surface area (Å²) in [4.78, 5) is 40.8. The van der Waals surface area contributed by atoms with Gasteiger partial charge in [-0.1, -0.05) is 6.07 Å². The quantitative estimate of drug-likeness (QED) is 0.237. The van der Waals surface area contributed by atoms with Crippen molar-refractivity contribution >= 4 is 17.7 Å². The zero-order chi connectivity index (χ0) is 30.1. The Kier molecular flexibility index (Phi) is 11.0. The van der Waals surface area contributed by atoms with Crippen molar-refractivity contribution in [2.45, 2.75) is 75.9 Å². The van der Waals surface area contributed by atoms with E-state index in [1.165, 1.54) is 26.1 Å². The topological polar surface area (TPSA) is 139 Å². The van der Waals surface area contributed by atoms with Crippen LogP contribution in [0.2, 0.25) is 0 Å². The third-order valence-corrected chi connectivity index (χ3v) is 8.27. The smallest absolute Gasteiger partial charge is 0.326 e. The molecule has 230 valence electrons. The van der Waals surface area contributed by atoms with Crippen molar-refractivity contribution in [3.63, 3.8) is 0 Å². The minimum absolute atomic E-state index is 0.166. The number of hydrogen-bond donors (Lipinski definition) is 3. The molecule has 1 saturated carbocycles. The van der Waals surface area contributed by atoms with E-state index in [4.69, 9.17) is 14.5 Å². The van der Waals surface area contributed by atoms with Crippen LogP contribution in [0.3, 0.4) is 0 Å². The van der Waals surface area contributed by atoms with E-state index < -0.39 is 30.2 Å². The molecule has 3 N–H and O–H groups in total. The SMILES string of the molecule is COc1ncnc(C)c1C1(C(=O)N[C@@H](CCN(CCCCc2ccc3c(n2)NCCC3)C[C@@H](CF)OC)C(=O)O)CC1. The molecule has 0 spiro atoms. The van der Waals surface area contributed by atoms with Crippen molar-refractivity contribution < 1.29 is 28.6 Å². The van der Waals surface area contributed by atoms with E-state index in [9.17, 15) is 19.1 Å². The first-order valence-electron chi connectivity index (χ1n) is 14.7. The van der Waals surface area contributed by atoms with Gasteiger partial charge >= 0.3 is 5.97 Å². The van der Waals surface area contributed by atoms with E-state index >= 15 is 0 Å². The number of alkyl halides is 1. The van der Waals surface area contributed by atoms with Crippen LogP contribution >= 0.6 is 0 Å². The van der Waals surface area contributed by atoms with Gasteiger partial charge in [-0.25, -0.2) is 24.1 Å². The Morgan fingerprint density at radius 2 is 2.02 bits per heavy atom. The highest BCUT2D eigenvalue weighted by atomic mass is 19.1. The number of methoxy groups -OCH3 is 2. The van der Waals surface area contributed by atoms with Crippen LogP contribution in [0.25, 0.3) is 0 Å². The molecule has 0 radical (unpaired) electrons. The molecule has 0 unspecified atom stereocenters. The van der Waals surface area contributed by atoms with Crippen molar-refractivity contribution in [3.05, 3.63) is 41.0 Å². The van der Waals surface area contributed by atoms with Gasteiger partial charge in [-0.05, 0) is 76.5 Å². The van der Waals surface area contributed by atoms with Crippen molar-refractivity contribution in [1.82, 2.24) is 25.2 Å². The number of carbonyl (C=O) groups excluding carboxylic acids is 1. The van der Waals surface area contributed by atoms with Gasteiger partial charge in [0.25, 0.3) is 0 Å². The van der Waals surface area contributed by atoms with Gasteiger partial charge in [0.05, 0.1) is 24.2 Å². The highest BCUT2D eigenvalue weighted by Gasteiger charge is 2.55. The molecule has 12 heteroatoms. The summed E-state index contributed by atoms with van der Waals surface area (Å²) in [7, 11) is 2.95. The average molecular weight is 587 g/mol.